The Morgan fingerprint density at radius 2 is 1.71 bits per heavy atom. The smallest absolute Gasteiger partial charge is 0.274 e. The average Bonchev–Trinajstić information content (AvgIpc) is 2.60. The number of hydrogen-bond donors (Lipinski definition) is 2. The second-order valence-electron chi connectivity index (χ2n) is 5.01. The fourth-order valence-corrected chi connectivity index (χ4v) is 2.24. The molecule has 1 heterocycles. The summed E-state index contributed by atoms with van der Waals surface area (Å²) in [6.45, 7) is 0. The maximum atomic E-state index is 13.1. The molecule has 3 aromatic rings. The molecule has 2 N–H and O–H groups in total. The van der Waals surface area contributed by atoms with E-state index in [4.69, 9.17) is 11.6 Å². The molecule has 2 aromatic carbocycles. The SMILES string of the molecule is O=C(Nc1ccc(F)c(Cl)c1)c1ccc(Nc2ccccc2)cn1. The predicted molar refractivity (Wildman–Crippen MR) is 93.3 cm³/mol. The van der Waals surface area contributed by atoms with Gasteiger partial charge in [0.1, 0.15) is 11.5 Å². The van der Waals surface area contributed by atoms with Crippen molar-refractivity contribution in [2.45, 2.75) is 0 Å². The van der Waals surface area contributed by atoms with Crippen LogP contribution in [0.2, 0.25) is 5.02 Å². The third-order valence-electron chi connectivity index (χ3n) is 3.24. The van der Waals surface area contributed by atoms with E-state index >= 15 is 0 Å². The summed E-state index contributed by atoms with van der Waals surface area (Å²) >= 11 is 5.69. The summed E-state index contributed by atoms with van der Waals surface area (Å²) in [5.74, 6) is -0.937. The molecule has 0 aliphatic heterocycles. The first-order valence-corrected chi connectivity index (χ1v) is 7.54. The minimum absolute atomic E-state index is 0.0526. The van der Waals surface area contributed by atoms with Crippen LogP contribution in [0.1, 0.15) is 10.5 Å². The van der Waals surface area contributed by atoms with E-state index in [0.717, 1.165) is 11.4 Å². The predicted octanol–water partition coefficient (Wildman–Crippen LogP) is 4.87. The van der Waals surface area contributed by atoms with Gasteiger partial charge in [0.15, 0.2) is 0 Å². The molecule has 24 heavy (non-hydrogen) atoms. The number of rotatable bonds is 4. The number of halogens is 2. The largest absolute Gasteiger partial charge is 0.354 e. The van der Waals surface area contributed by atoms with Crippen LogP contribution in [0.4, 0.5) is 21.5 Å². The Morgan fingerprint density at radius 1 is 0.958 bits per heavy atom. The summed E-state index contributed by atoms with van der Waals surface area (Å²) in [7, 11) is 0. The highest BCUT2D eigenvalue weighted by molar-refractivity contribution is 6.31. The van der Waals surface area contributed by atoms with Crippen LogP contribution in [0.15, 0.2) is 66.9 Å². The molecule has 0 bridgehead atoms. The molecule has 0 aliphatic rings. The van der Waals surface area contributed by atoms with Crippen molar-refractivity contribution in [2.24, 2.45) is 0 Å². The van der Waals surface area contributed by atoms with Gasteiger partial charge >= 0.3 is 0 Å². The molecule has 0 aliphatic carbocycles. The lowest BCUT2D eigenvalue weighted by molar-refractivity contribution is 0.102. The number of anilines is 3. The van der Waals surface area contributed by atoms with Crippen LogP contribution in [0.25, 0.3) is 0 Å². The van der Waals surface area contributed by atoms with Crippen molar-refractivity contribution in [3.63, 3.8) is 0 Å². The molecular formula is C18H13ClFN3O. The molecule has 1 amide bonds. The van der Waals surface area contributed by atoms with Crippen molar-refractivity contribution in [1.82, 2.24) is 4.98 Å². The molecule has 6 heteroatoms. The van der Waals surface area contributed by atoms with E-state index in [2.05, 4.69) is 15.6 Å². The van der Waals surface area contributed by atoms with E-state index in [1.807, 2.05) is 30.3 Å². The monoisotopic (exact) mass is 341 g/mol. The first-order valence-electron chi connectivity index (χ1n) is 7.16. The maximum absolute atomic E-state index is 13.1. The van der Waals surface area contributed by atoms with Crippen molar-refractivity contribution < 1.29 is 9.18 Å². The lowest BCUT2D eigenvalue weighted by Gasteiger charge is -2.08. The molecule has 3 rings (SSSR count). The summed E-state index contributed by atoms with van der Waals surface area (Å²) in [4.78, 5) is 16.3. The van der Waals surface area contributed by atoms with Crippen LogP contribution in [-0.2, 0) is 0 Å². The average molecular weight is 342 g/mol. The molecule has 0 fully saturated rings. The highest BCUT2D eigenvalue weighted by atomic mass is 35.5. The Hall–Kier alpha value is -2.92. The van der Waals surface area contributed by atoms with Gasteiger partial charge in [0.25, 0.3) is 5.91 Å². The highest BCUT2D eigenvalue weighted by Gasteiger charge is 2.09. The Balaban J connectivity index is 1.68. The lowest BCUT2D eigenvalue weighted by Crippen LogP contribution is -2.13. The minimum atomic E-state index is -0.538. The Bertz CT molecular complexity index is 854. The lowest BCUT2D eigenvalue weighted by atomic mass is 10.2. The maximum Gasteiger partial charge on any atom is 0.274 e. The first-order chi connectivity index (χ1) is 11.6. The Kier molecular flexibility index (Phi) is 4.72. The third-order valence-corrected chi connectivity index (χ3v) is 3.53. The molecule has 0 atom stereocenters. The Morgan fingerprint density at radius 3 is 2.38 bits per heavy atom. The van der Waals surface area contributed by atoms with Crippen LogP contribution in [0.3, 0.4) is 0 Å². The van der Waals surface area contributed by atoms with Crippen molar-refractivity contribution in [3.8, 4) is 0 Å². The number of pyridine rings is 1. The number of hydrogen-bond acceptors (Lipinski definition) is 3. The van der Waals surface area contributed by atoms with Crippen LogP contribution in [0, 0.1) is 5.82 Å². The van der Waals surface area contributed by atoms with E-state index in [9.17, 15) is 9.18 Å². The normalized spacial score (nSPS) is 10.2. The van der Waals surface area contributed by atoms with Gasteiger partial charge in [-0.1, -0.05) is 29.8 Å². The molecular weight excluding hydrogens is 329 g/mol. The van der Waals surface area contributed by atoms with Gasteiger partial charge in [0.05, 0.1) is 16.9 Å². The van der Waals surface area contributed by atoms with E-state index in [0.29, 0.717) is 5.69 Å². The van der Waals surface area contributed by atoms with Crippen molar-refractivity contribution in [3.05, 3.63) is 83.4 Å². The number of amides is 1. The number of benzene rings is 2. The number of nitrogens with one attached hydrogen (secondary N) is 2. The van der Waals surface area contributed by atoms with E-state index in [-0.39, 0.29) is 10.7 Å². The van der Waals surface area contributed by atoms with Gasteiger partial charge in [-0.05, 0) is 42.5 Å². The standard InChI is InChI=1S/C18H13ClFN3O/c19-15-10-13(6-8-16(15)20)23-18(24)17-9-7-14(11-21-17)22-12-4-2-1-3-5-12/h1-11,22H,(H,23,24). The number of nitrogens with zero attached hydrogens (tertiary/aromatic N) is 1. The number of aromatic nitrogens is 1. The van der Waals surface area contributed by atoms with Crippen LogP contribution >= 0.6 is 11.6 Å². The van der Waals surface area contributed by atoms with Crippen molar-refractivity contribution in [2.75, 3.05) is 10.6 Å². The fourth-order valence-electron chi connectivity index (χ4n) is 2.06. The van der Waals surface area contributed by atoms with Gasteiger partial charge in [0, 0.05) is 11.4 Å². The quantitative estimate of drug-likeness (QED) is 0.711. The van der Waals surface area contributed by atoms with Gasteiger partial charge in [-0.3, -0.25) is 4.79 Å². The topological polar surface area (TPSA) is 54.0 Å². The third kappa shape index (κ3) is 3.88. The van der Waals surface area contributed by atoms with Crippen LogP contribution in [0.5, 0.6) is 0 Å². The summed E-state index contributed by atoms with van der Waals surface area (Å²) in [6.07, 6.45) is 1.57. The second-order valence-corrected chi connectivity index (χ2v) is 5.41. The molecule has 0 saturated carbocycles. The van der Waals surface area contributed by atoms with Gasteiger partial charge in [-0.15, -0.1) is 0 Å². The highest BCUT2D eigenvalue weighted by Crippen LogP contribution is 2.20. The minimum Gasteiger partial charge on any atom is -0.354 e. The number of para-hydroxylation sites is 1. The van der Waals surface area contributed by atoms with Crippen LogP contribution < -0.4 is 10.6 Å². The molecule has 0 unspecified atom stereocenters. The van der Waals surface area contributed by atoms with E-state index < -0.39 is 11.7 Å². The summed E-state index contributed by atoms with van der Waals surface area (Å²) in [5.41, 5.74) is 2.34. The van der Waals surface area contributed by atoms with E-state index in [1.54, 1.807) is 18.3 Å². The second kappa shape index (κ2) is 7.10. The van der Waals surface area contributed by atoms with Gasteiger partial charge in [-0.2, -0.15) is 0 Å². The van der Waals surface area contributed by atoms with E-state index in [1.165, 1.54) is 18.2 Å². The zero-order chi connectivity index (χ0) is 16.9. The molecule has 0 spiro atoms. The van der Waals surface area contributed by atoms with Gasteiger partial charge < -0.3 is 10.6 Å². The van der Waals surface area contributed by atoms with Crippen molar-refractivity contribution in [1.29, 1.82) is 0 Å². The summed E-state index contributed by atoms with van der Waals surface area (Å²) < 4.78 is 13.1. The van der Waals surface area contributed by atoms with Crippen LogP contribution in [-0.4, -0.2) is 10.9 Å². The van der Waals surface area contributed by atoms with Gasteiger partial charge in [-0.25, -0.2) is 9.37 Å². The number of carbonyl (C=O) groups is 1. The molecule has 1 aromatic heterocycles. The Labute approximate surface area is 143 Å². The molecule has 4 nitrogen and oxygen atoms in total. The molecule has 0 saturated heterocycles. The summed E-state index contributed by atoms with van der Waals surface area (Å²) in [5, 5.41) is 5.75. The zero-order valence-electron chi connectivity index (χ0n) is 12.5. The van der Waals surface area contributed by atoms with Crippen molar-refractivity contribution >= 4 is 34.6 Å². The summed E-state index contributed by atoms with van der Waals surface area (Å²) in [6, 6.07) is 17.0. The zero-order valence-corrected chi connectivity index (χ0v) is 13.2. The van der Waals surface area contributed by atoms with Gasteiger partial charge in [0.2, 0.25) is 0 Å². The number of carbonyl (C=O) groups excluding carboxylic acids is 1. The first kappa shape index (κ1) is 16.0. The fraction of sp³-hybridized carbons (Fsp3) is 0. The molecule has 0 radical (unpaired) electrons. The molecule has 120 valence electrons.